The minimum atomic E-state index is -1.07. The SMILES string of the molecule is Cc1c(F)cc(C2CCCN2)c(F)c1F. The van der Waals surface area contributed by atoms with Crippen molar-refractivity contribution in [2.45, 2.75) is 25.8 Å². The highest BCUT2D eigenvalue weighted by atomic mass is 19.2. The summed E-state index contributed by atoms with van der Waals surface area (Å²) in [5.74, 6) is -2.68. The van der Waals surface area contributed by atoms with Crippen LogP contribution in [0.2, 0.25) is 0 Å². The van der Waals surface area contributed by atoms with Gasteiger partial charge in [-0.15, -0.1) is 0 Å². The predicted molar refractivity (Wildman–Crippen MR) is 51.0 cm³/mol. The van der Waals surface area contributed by atoms with Crippen LogP contribution in [0.4, 0.5) is 13.2 Å². The molecule has 1 aliphatic rings. The maximum Gasteiger partial charge on any atom is 0.164 e. The number of benzene rings is 1. The van der Waals surface area contributed by atoms with Gasteiger partial charge in [0.25, 0.3) is 0 Å². The van der Waals surface area contributed by atoms with E-state index < -0.39 is 17.5 Å². The molecule has 1 saturated heterocycles. The monoisotopic (exact) mass is 215 g/mol. The number of halogens is 3. The van der Waals surface area contributed by atoms with Gasteiger partial charge in [-0.25, -0.2) is 13.2 Å². The topological polar surface area (TPSA) is 12.0 Å². The van der Waals surface area contributed by atoms with Gasteiger partial charge < -0.3 is 5.32 Å². The number of nitrogens with one attached hydrogen (secondary N) is 1. The molecule has 0 spiro atoms. The summed E-state index contributed by atoms with van der Waals surface area (Å²) in [5, 5.41) is 3.01. The van der Waals surface area contributed by atoms with Gasteiger partial charge in [0.2, 0.25) is 0 Å². The summed E-state index contributed by atoms with van der Waals surface area (Å²) in [6.07, 6.45) is 1.63. The minimum absolute atomic E-state index is 0.105. The van der Waals surface area contributed by atoms with Crippen molar-refractivity contribution in [3.8, 4) is 0 Å². The molecule has 15 heavy (non-hydrogen) atoms. The van der Waals surface area contributed by atoms with Crippen LogP contribution in [0.25, 0.3) is 0 Å². The lowest BCUT2D eigenvalue weighted by Crippen LogP contribution is -2.16. The van der Waals surface area contributed by atoms with Crippen molar-refractivity contribution in [3.05, 3.63) is 34.6 Å². The van der Waals surface area contributed by atoms with Gasteiger partial charge in [-0.3, -0.25) is 0 Å². The number of rotatable bonds is 1. The third-order valence-electron chi connectivity index (χ3n) is 2.85. The fourth-order valence-corrected chi connectivity index (χ4v) is 1.91. The Hall–Kier alpha value is -1.03. The van der Waals surface area contributed by atoms with Crippen molar-refractivity contribution in [1.29, 1.82) is 0 Å². The van der Waals surface area contributed by atoms with E-state index in [-0.39, 0.29) is 17.2 Å². The lowest BCUT2D eigenvalue weighted by Gasteiger charge is -2.13. The van der Waals surface area contributed by atoms with E-state index in [1.165, 1.54) is 6.92 Å². The first-order valence-electron chi connectivity index (χ1n) is 4.98. The molecule has 82 valence electrons. The van der Waals surface area contributed by atoms with Crippen LogP contribution in [0.15, 0.2) is 6.07 Å². The Morgan fingerprint density at radius 1 is 1.27 bits per heavy atom. The summed E-state index contributed by atoms with van der Waals surface area (Å²) in [7, 11) is 0. The van der Waals surface area contributed by atoms with Gasteiger partial charge >= 0.3 is 0 Å². The van der Waals surface area contributed by atoms with Crippen molar-refractivity contribution in [3.63, 3.8) is 0 Å². The molecule has 1 aromatic rings. The smallest absolute Gasteiger partial charge is 0.164 e. The molecule has 1 heterocycles. The van der Waals surface area contributed by atoms with E-state index in [4.69, 9.17) is 0 Å². The fourth-order valence-electron chi connectivity index (χ4n) is 1.91. The molecule has 4 heteroatoms. The van der Waals surface area contributed by atoms with E-state index in [1.54, 1.807) is 0 Å². The predicted octanol–water partition coefficient (Wildman–Crippen LogP) is 2.84. The van der Waals surface area contributed by atoms with Crippen LogP contribution >= 0.6 is 0 Å². The molecule has 1 atom stereocenters. The minimum Gasteiger partial charge on any atom is -0.310 e. The van der Waals surface area contributed by atoms with Crippen molar-refractivity contribution in [2.24, 2.45) is 0 Å². The second kappa shape index (κ2) is 3.85. The van der Waals surface area contributed by atoms with Crippen molar-refractivity contribution in [1.82, 2.24) is 5.32 Å². The van der Waals surface area contributed by atoms with Gasteiger partial charge in [-0.1, -0.05) is 0 Å². The zero-order valence-electron chi connectivity index (χ0n) is 8.41. The number of hydrogen-bond donors (Lipinski definition) is 1. The first-order chi connectivity index (χ1) is 7.11. The summed E-state index contributed by atoms with van der Waals surface area (Å²) in [4.78, 5) is 0. The molecular formula is C11H12F3N. The Balaban J connectivity index is 2.47. The van der Waals surface area contributed by atoms with Crippen LogP contribution in [0.5, 0.6) is 0 Å². The Labute approximate surface area is 86.3 Å². The van der Waals surface area contributed by atoms with Crippen LogP contribution in [0.1, 0.15) is 30.0 Å². The number of hydrogen-bond acceptors (Lipinski definition) is 1. The Bertz CT molecular complexity index is 384. The summed E-state index contributed by atoms with van der Waals surface area (Å²) >= 11 is 0. The van der Waals surface area contributed by atoms with E-state index in [9.17, 15) is 13.2 Å². The molecule has 1 aromatic carbocycles. The molecule has 0 saturated carbocycles. The van der Waals surface area contributed by atoms with E-state index in [2.05, 4.69) is 5.32 Å². The first-order valence-corrected chi connectivity index (χ1v) is 4.98. The zero-order chi connectivity index (χ0) is 11.0. The summed E-state index contributed by atoms with van der Waals surface area (Å²) in [5.41, 5.74) is -0.151. The van der Waals surface area contributed by atoms with E-state index in [1.807, 2.05) is 0 Å². The molecule has 0 aliphatic carbocycles. The molecule has 1 nitrogen and oxygen atoms in total. The molecule has 2 rings (SSSR count). The molecule has 1 fully saturated rings. The maximum atomic E-state index is 13.5. The summed E-state index contributed by atoms with van der Waals surface area (Å²) < 4.78 is 40.0. The molecular weight excluding hydrogens is 203 g/mol. The van der Waals surface area contributed by atoms with Crippen molar-refractivity contribution < 1.29 is 13.2 Å². The molecule has 1 aliphatic heterocycles. The van der Waals surface area contributed by atoms with Crippen LogP contribution < -0.4 is 5.32 Å². The van der Waals surface area contributed by atoms with Crippen molar-refractivity contribution in [2.75, 3.05) is 6.54 Å². The molecule has 1 N–H and O–H groups in total. The second-order valence-corrected chi connectivity index (χ2v) is 3.85. The van der Waals surface area contributed by atoms with Gasteiger partial charge in [0.05, 0.1) is 0 Å². The van der Waals surface area contributed by atoms with E-state index >= 15 is 0 Å². The van der Waals surface area contributed by atoms with Gasteiger partial charge in [0.15, 0.2) is 11.6 Å². The first kappa shape index (κ1) is 10.5. The Morgan fingerprint density at radius 2 is 2.00 bits per heavy atom. The maximum absolute atomic E-state index is 13.5. The van der Waals surface area contributed by atoms with E-state index in [0.717, 1.165) is 25.5 Å². The highest BCUT2D eigenvalue weighted by molar-refractivity contribution is 5.29. The van der Waals surface area contributed by atoms with Gasteiger partial charge in [0.1, 0.15) is 5.82 Å². The highest BCUT2D eigenvalue weighted by Crippen LogP contribution is 2.29. The van der Waals surface area contributed by atoms with Crippen LogP contribution in [0.3, 0.4) is 0 Å². The Kier molecular flexibility index (Phi) is 2.69. The van der Waals surface area contributed by atoms with Gasteiger partial charge in [-0.05, 0) is 32.4 Å². The van der Waals surface area contributed by atoms with Crippen LogP contribution in [-0.4, -0.2) is 6.54 Å². The fraction of sp³-hybridized carbons (Fsp3) is 0.455. The average molecular weight is 215 g/mol. The largest absolute Gasteiger partial charge is 0.310 e. The normalized spacial score (nSPS) is 20.9. The second-order valence-electron chi connectivity index (χ2n) is 3.85. The molecule has 0 aromatic heterocycles. The van der Waals surface area contributed by atoms with Gasteiger partial charge in [-0.2, -0.15) is 0 Å². The van der Waals surface area contributed by atoms with Crippen LogP contribution in [-0.2, 0) is 0 Å². The quantitative estimate of drug-likeness (QED) is 0.710. The zero-order valence-corrected chi connectivity index (χ0v) is 8.41. The standard InChI is InChI=1S/C11H12F3N/c1-6-8(12)5-7(11(14)10(6)13)9-3-2-4-15-9/h5,9,15H,2-4H2,1H3. The Morgan fingerprint density at radius 3 is 2.60 bits per heavy atom. The molecule has 0 amide bonds. The summed E-state index contributed by atoms with van der Waals surface area (Å²) in [6.45, 7) is 2.00. The van der Waals surface area contributed by atoms with E-state index in [0.29, 0.717) is 0 Å². The molecule has 1 unspecified atom stereocenters. The third kappa shape index (κ3) is 1.74. The lowest BCUT2D eigenvalue weighted by atomic mass is 10.0. The van der Waals surface area contributed by atoms with Crippen molar-refractivity contribution >= 4 is 0 Å². The average Bonchev–Trinajstić information content (AvgIpc) is 2.73. The lowest BCUT2D eigenvalue weighted by molar-refractivity contribution is 0.461. The van der Waals surface area contributed by atoms with Crippen LogP contribution in [0, 0.1) is 24.4 Å². The molecule has 0 bridgehead atoms. The summed E-state index contributed by atoms with van der Waals surface area (Å²) in [6, 6.07) is 0.839. The van der Waals surface area contributed by atoms with Gasteiger partial charge in [0, 0.05) is 17.2 Å². The third-order valence-corrected chi connectivity index (χ3v) is 2.85. The highest BCUT2D eigenvalue weighted by Gasteiger charge is 2.24. The molecule has 0 radical (unpaired) electrons.